The minimum absolute atomic E-state index is 0.0911. The van der Waals surface area contributed by atoms with Gasteiger partial charge in [0.05, 0.1) is 0 Å². The van der Waals surface area contributed by atoms with E-state index in [4.69, 9.17) is 4.74 Å². The molecular formula is C35H45N3O5. The van der Waals surface area contributed by atoms with Crippen LogP contribution in [0, 0.1) is 6.92 Å². The zero-order valence-electron chi connectivity index (χ0n) is 26.3. The van der Waals surface area contributed by atoms with Crippen molar-refractivity contribution in [2.45, 2.75) is 91.1 Å². The van der Waals surface area contributed by atoms with Gasteiger partial charge in [-0.1, -0.05) is 73.7 Å². The smallest absolute Gasteiger partial charge is 0.408 e. The van der Waals surface area contributed by atoms with Gasteiger partial charge < -0.3 is 25.4 Å². The predicted molar refractivity (Wildman–Crippen MR) is 168 cm³/mol. The molecule has 0 spiro atoms. The Kier molecular flexibility index (Phi) is 11.0. The predicted octanol–water partition coefficient (Wildman–Crippen LogP) is 6.21. The fourth-order valence-corrected chi connectivity index (χ4v) is 4.76. The summed E-state index contributed by atoms with van der Waals surface area (Å²) in [5, 5.41) is 16.1. The van der Waals surface area contributed by atoms with Crippen molar-refractivity contribution in [3.63, 3.8) is 0 Å². The third-order valence-electron chi connectivity index (χ3n) is 7.38. The van der Waals surface area contributed by atoms with Crippen molar-refractivity contribution in [2.24, 2.45) is 0 Å². The van der Waals surface area contributed by atoms with Crippen molar-refractivity contribution in [2.75, 3.05) is 0 Å². The van der Waals surface area contributed by atoms with Crippen LogP contribution in [0.1, 0.15) is 76.3 Å². The highest BCUT2D eigenvalue weighted by Crippen LogP contribution is 2.34. The lowest BCUT2D eigenvalue weighted by molar-refractivity contribution is -0.149. The fourth-order valence-electron chi connectivity index (χ4n) is 4.76. The van der Waals surface area contributed by atoms with E-state index in [-0.39, 0.29) is 24.6 Å². The number of aryl methyl sites for hydroxylation is 1. The SMILES string of the molecule is CCC(C)(C)N(C(=O)C(Cc1ccccc1)NC(=O)OC(C)(C)C)C(C(=O)NCc1ccccc1)c1ccc(O)c(C)c1. The van der Waals surface area contributed by atoms with Gasteiger partial charge >= 0.3 is 6.09 Å². The maximum Gasteiger partial charge on any atom is 0.408 e. The Hall–Kier alpha value is -4.33. The molecule has 0 bridgehead atoms. The summed E-state index contributed by atoms with van der Waals surface area (Å²) in [6.07, 6.45) is 0.00637. The van der Waals surface area contributed by atoms with Gasteiger partial charge in [0.15, 0.2) is 0 Å². The van der Waals surface area contributed by atoms with E-state index in [2.05, 4.69) is 10.6 Å². The number of carbonyl (C=O) groups excluding carboxylic acids is 3. The topological polar surface area (TPSA) is 108 Å². The van der Waals surface area contributed by atoms with Gasteiger partial charge in [-0.05, 0) is 82.3 Å². The number of phenols is 1. The summed E-state index contributed by atoms with van der Waals surface area (Å²) in [7, 11) is 0. The number of nitrogens with one attached hydrogen (secondary N) is 2. The molecule has 230 valence electrons. The molecule has 0 aliphatic carbocycles. The Bertz CT molecular complexity index is 1380. The molecule has 0 aliphatic rings. The molecule has 8 heteroatoms. The van der Waals surface area contributed by atoms with Crippen molar-refractivity contribution in [3.8, 4) is 5.75 Å². The molecule has 2 unspecified atom stereocenters. The molecule has 3 N–H and O–H groups in total. The average Bonchev–Trinajstić information content (AvgIpc) is 2.95. The van der Waals surface area contributed by atoms with Crippen LogP contribution in [0.4, 0.5) is 4.79 Å². The van der Waals surface area contributed by atoms with Gasteiger partial charge in [0.1, 0.15) is 23.4 Å². The first-order valence-corrected chi connectivity index (χ1v) is 14.7. The number of phenolic OH excluding ortho intramolecular Hbond substituents is 1. The Labute approximate surface area is 255 Å². The summed E-state index contributed by atoms with van der Waals surface area (Å²) >= 11 is 0. The summed E-state index contributed by atoms with van der Waals surface area (Å²) in [5.41, 5.74) is 1.31. The molecule has 3 amide bonds. The van der Waals surface area contributed by atoms with Crippen molar-refractivity contribution in [1.29, 1.82) is 0 Å². The Balaban J connectivity index is 2.11. The van der Waals surface area contributed by atoms with E-state index >= 15 is 0 Å². The van der Waals surface area contributed by atoms with Crippen LogP contribution >= 0.6 is 0 Å². The van der Waals surface area contributed by atoms with E-state index in [1.54, 1.807) is 44.7 Å². The zero-order chi connectivity index (χ0) is 31.8. The van der Waals surface area contributed by atoms with E-state index in [1.807, 2.05) is 81.4 Å². The molecule has 0 radical (unpaired) electrons. The molecule has 3 aromatic rings. The number of hydrogen-bond donors (Lipinski definition) is 3. The van der Waals surface area contributed by atoms with E-state index in [0.29, 0.717) is 17.5 Å². The standard InChI is InChI=1S/C35H45N3O5/c1-8-35(6,7)38(32(41)28(22-25-15-11-9-12-16-25)37-33(42)43-34(3,4)5)30(27-19-20-29(39)24(2)21-27)31(40)36-23-26-17-13-10-14-18-26/h9-21,28,30,39H,8,22-23H2,1-7H3,(H,36,40)(H,37,42). The second kappa shape index (κ2) is 14.2. The molecule has 0 aromatic heterocycles. The van der Waals surface area contributed by atoms with Crippen LogP contribution < -0.4 is 10.6 Å². The number of ether oxygens (including phenoxy) is 1. The van der Waals surface area contributed by atoms with Gasteiger partial charge in [-0.3, -0.25) is 9.59 Å². The van der Waals surface area contributed by atoms with Gasteiger partial charge in [0.2, 0.25) is 11.8 Å². The lowest BCUT2D eigenvalue weighted by Crippen LogP contribution is -2.59. The number of aromatic hydroxyl groups is 1. The van der Waals surface area contributed by atoms with Crippen molar-refractivity contribution in [3.05, 3.63) is 101 Å². The van der Waals surface area contributed by atoms with Crippen LogP contribution in [0.2, 0.25) is 0 Å². The molecule has 3 aromatic carbocycles. The van der Waals surface area contributed by atoms with Gasteiger partial charge in [-0.25, -0.2) is 4.79 Å². The average molecular weight is 588 g/mol. The highest BCUT2D eigenvalue weighted by molar-refractivity contribution is 5.93. The maximum atomic E-state index is 14.7. The highest BCUT2D eigenvalue weighted by Gasteiger charge is 2.43. The molecule has 0 aliphatic heterocycles. The molecule has 0 heterocycles. The van der Waals surface area contributed by atoms with Crippen molar-refractivity contribution < 1.29 is 24.2 Å². The molecule has 0 saturated carbocycles. The number of rotatable bonds is 11. The van der Waals surface area contributed by atoms with Crippen LogP contribution in [0.5, 0.6) is 5.75 Å². The largest absolute Gasteiger partial charge is 0.508 e. The first-order chi connectivity index (χ1) is 20.2. The van der Waals surface area contributed by atoms with Crippen LogP contribution in [-0.4, -0.2) is 45.1 Å². The van der Waals surface area contributed by atoms with Crippen LogP contribution in [0.15, 0.2) is 78.9 Å². The minimum Gasteiger partial charge on any atom is -0.508 e. The first kappa shape index (κ1) is 33.2. The third-order valence-corrected chi connectivity index (χ3v) is 7.38. The second-order valence-electron chi connectivity index (χ2n) is 12.4. The van der Waals surface area contributed by atoms with E-state index in [9.17, 15) is 19.5 Å². The monoisotopic (exact) mass is 587 g/mol. The maximum absolute atomic E-state index is 14.7. The molecule has 0 fully saturated rings. The van der Waals surface area contributed by atoms with Crippen LogP contribution in [0.3, 0.4) is 0 Å². The number of carbonyl (C=O) groups is 3. The van der Waals surface area contributed by atoms with Gasteiger partial charge in [-0.2, -0.15) is 0 Å². The van der Waals surface area contributed by atoms with Gasteiger partial charge in [0, 0.05) is 18.5 Å². The summed E-state index contributed by atoms with van der Waals surface area (Å²) in [4.78, 5) is 43.4. The molecule has 3 rings (SSSR count). The number of hydrogen-bond acceptors (Lipinski definition) is 5. The second-order valence-corrected chi connectivity index (χ2v) is 12.4. The molecule has 43 heavy (non-hydrogen) atoms. The summed E-state index contributed by atoms with van der Waals surface area (Å²) in [6, 6.07) is 21.8. The van der Waals surface area contributed by atoms with Gasteiger partial charge in [-0.15, -0.1) is 0 Å². The lowest BCUT2D eigenvalue weighted by atomic mass is 9.90. The van der Waals surface area contributed by atoms with E-state index < -0.39 is 35.2 Å². The van der Waals surface area contributed by atoms with Crippen LogP contribution in [0.25, 0.3) is 0 Å². The quantitative estimate of drug-likeness (QED) is 0.247. The van der Waals surface area contributed by atoms with Crippen molar-refractivity contribution in [1.82, 2.24) is 15.5 Å². The normalized spacial score (nSPS) is 13.0. The lowest BCUT2D eigenvalue weighted by Gasteiger charge is -2.44. The number of nitrogens with zero attached hydrogens (tertiary/aromatic N) is 1. The summed E-state index contributed by atoms with van der Waals surface area (Å²) < 4.78 is 5.53. The summed E-state index contributed by atoms with van der Waals surface area (Å²) in [5.74, 6) is -0.708. The number of benzene rings is 3. The first-order valence-electron chi connectivity index (χ1n) is 14.7. The van der Waals surface area contributed by atoms with Gasteiger partial charge in [0.25, 0.3) is 0 Å². The molecular weight excluding hydrogens is 542 g/mol. The minimum atomic E-state index is -1.05. The van der Waals surface area contributed by atoms with E-state index in [0.717, 1.165) is 11.1 Å². The Morgan fingerprint density at radius 1 is 0.884 bits per heavy atom. The highest BCUT2D eigenvalue weighted by atomic mass is 16.6. The fraction of sp³-hybridized carbons (Fsp3) is 0.400. The summed E-state index contributed by atoms with van der Waals surface area (Å²) in [6.45, 7) is 13.1. The molecule has 0 saturated heterocycles. The van der Waals surface area contributed by atoms with Crippen molar-refractivity contribution >= 4 is 17.9 Å². The molecule has 2 atom stereocenters. The number of alkyl carbamates (subject to hydrolysis) is 1. The molecule has 8 nitrogen and oxygen atoms in total. The van der Waals surface area contributed by atoms with E-state index in [1.165, 1.54) is 6.07 Å². The Morgan fingerprint density at radius 3 is 2.00 bits per heavy atom. The number of amides is 3. The Morgan fingerprint density at radius 2 is 1.47 bits per heavy atom. The third kappa shape index (κ3) is 9.33. The van der Waals surface area contributed by atoms with Crippen LogP contribution in [-0.2, 0) is 27.3 Å². The zero-order valence-corrected chi connectivity index (χ0v) is 26.3.